The standard InChI is InChI=1S/C36H27N3S/c1-25-16-18-37-32(20-25)29-14-15-36-35(23-29)39(34-13-6-5-10-30(34)24-40-36)31-12-7-11-28(21-31)33-22-27(17-19-38-33)26-8-3-2-4-9-26/h2-23H,24H2,1H3. The summed E-state index contributed by atoms with van der Waals surface area (Å²) in [5, 5.41) is 0. The number of nitrogens with zero attached hydrogens (tertiary/aromatic N) is 3. The fourth-order valence-electron chi connectivity index (χ4n) is 5.28. The first-order valence-electron chi connectivity index (χ1n) is 13.4. The van der Waals surface area contributed by atoms with E-state index >= 15 is 0 Å². The zero-order chi connectivity index (χ0) is 26.9. The van der Waals surface area contributed by atoms with Crippen LogP contribution in [-0.4, -0.2) is 9.97 Å². The molecule has 40 heavy (non-hydrogen) atoms. The summed E-state index contributed by atoms with van der Waals surface area (Å²) in [4.78, 5) is 13.1. The second-order valence-electron chi connectivity index (χ2n) is 10.00. The van der Waals surface area contributed by atoms with E-state index in [2.05, 4.69) is 126 Å². The highest BCUT2D eigenvalue weighted by Gasteiger charge is 2.23. The number of hydrogen-bond acceptors (Lipinski definition) is 4. The van der Waals surface area contributed by atoms with Crippen LogP contribution in [0.5, 0.6) is 0 Å². The molecule has 1 aliphatic rings. The second kappa shape index (κ2) is 10.5. The van der Waals surface area contributed by atoms with Crippen LogP contribution in [0.25, 0.3) is 33.6 Å². The highest BCUT2D eigenvalue weighted by atomic mass is 32.2. The summed E-state index contributed by atoms with van der Waals surface area (Å²) in [6.45, 7) is 2.11. The molecule has 0 bridgehead atoms. The molecule has 3 heterocycles. The summed E-state index contributed by atoms with van der Waals surface area (Å²) in [5.41, 5.74) is 12.5. The van der Waals surface area contributed by atoms with E-state index in [1.54, 1.807) is 0 Å². The normalized spacial score (nSPS) is 12.4. The number of anilines is 3. The van der Waals surface area contributed by atoms with Gasteiger partial charge in [-0.3, -0.25) is 9.97 Å². The number of fused-ring (bicyclic) bond motifs is 2. The average molecular weight is 534 g/mol. The van der Waals surface area contributed by atoms with Crippen LogP contribution in [0, 0.1) is 6.92 Å². The molecule has 0 aliphatic carbocycles. The molecule has 3 nitrogen and oxygen atoms in total. The van der Waals surface area contributed by atoms with Gasteiger partial charge in [0.05, 0.1) is 22.8 Å². The van der Waals surface area contributed by atoms with E-state index in [9.17, 15) is 0 Å². The van der Waals surface area contributed by atoms with E-state index in [1.807, 2.05) is 36.3 Å². The number of aryl methyl sites for hydroxylation is 1. The molecule has 0 saturated heterocycles. The molecule has 0 radical (unpaired) electrons. The van der Waals surface area contributed by atoms with E-state index < -0.39 is 0 Å². The number of benzene rings is 4. The van der Waals surface area contributed by atoms with Crippen molar-refractivity contribution >= 4 is 28.8 Å². The largest absolute Gasteiger partial charge is 0.309 e. The number of para-hydroxylation sites is 1. The monoisotopic (exact) mass is 533 g/mol. The predicted molar refractivity (Wildman–Crippen MR) is 167 cm³/mol. The van der Waals surface area contributed by atoms with Crippen molar-refractivity contribution in [3.63, 3.8) is 0 Å². The Balaban J connectivity index is 1.37. The first-order valence-corrected chi connectivity index (χ1v) is 14.4. The number of hydrogen-bond donors (Lipinski definition) is 0. The van der Waals surface area contributed by atoms with Crippen molar-refractivity contribution in [2.24, 2.45) is 0 Å². The van der Waals surface area contributed by atoms with E-state index in [4.69, 9.17) is 4.98 Å². The van der Waals surface area contributed by atoms with Gasteiger partial charge in [-0.2, -0.15) is 0 Å². The summed E-state index contributed by atoms with van der Waals surface area (Å²) >= 11 is 1.88. The average Bonchev–Trinajstić information content (AvgIpc) is 3.18. The summed E-state index contributed by atoms with van der Waals surface area (Å²) in [6.07, 6.45) is 3.79. The topological polar surface area (TPSA) is 29.0 Å². The van der Waals surface area contributed by atoms with Crippen molar-refractivity contribution in [1.29, 1.82) is 0 Å². The minimum Gasteiger partial charge on any atom is -0.309 e. The smallest absolute Gasteiger partial charge is 0.0708 e. The zero-order valence-electron chi connectivity index (χ0n) is 22.2. The first kappa shape index (κ1) is 24.4. The van der Waals surface area contributed by atoms with Crippen molar-refractivity contribution in [3.8, 4) is 33.6 Å². The van der Waals surface area contributed by atoms with Crippen LogP contribution in [0.3, 0.4) is 0 Å². The lowest BCUT2D eigenvalue weighted by molar-refractivity contribution is 1.21. The Hall–Kier alpha value is -4.67. The fourth-order valence-corrected chi connectivity index (χ4v) is 6.30. The van der Waals surface area contributed by atoms with E-state index in [0.717, 1.165) is 39.5 Å². The maximum Gasteiger partial charge on any atom is 0.0708 e. The third-order valence-electron chi connectivity index (χ3n) is 7.29. The third-order valence-corrected chi connectivity index (χ3v) is 8.41. The van der Waals surface area contributed by atoms with Gasteiger partial charge in [0.15, 0.2) is 0 Å². The van der Waals surface area contributed by atoms with Crippen LogP contribution in [0.15, 0.2) is 139 Å². The van der Waals surface area contributed by atoms with E-state index in [0.29, 0.717) is 0 Å². The van der Waals surface area contributed by atoms with Crippen molar-refractivity contribution < 1.29 is 0 Å². The molecular formula is C36H27N3S. The van der Waals surface area contributed by atoms with Crippen molar-refractivity contribution in [2.75, 3.05) is 4.90 Å². The van der Waals surface area contributed by atoms with Gasteiger partial charge in [-0.25, -0.2) is 0 Å². The van der Waals surface area contributed by atoms with Gasteiger partial charge < -0.3 is 4.90 Å². The van der Waals surface area contributed by atoms with Gasteiger partial charge in [-0.1, -0.05) is 66.7 Å². The molecule has 1 aliphatic heterocycles. The molecule has 0 atom stereocenters. The maximum absolute atomic E-state index is 4.76. The molecule has 6 aromatic rings. The molecular weight excluding hydrogens is 506 g/mol. The van der Waals surface area contributed by atoms with Crippen LogP contribution in [0.4, 0.5) is 17.1 Å². The molecule has 0 spiro atoms. The molecule has 0 unspecified atom stereocenters. The van der Waals surface area contributed by atoms with E-state index in [-0.39, 0.29) is 0 Å². The highest BCUT2D eigenvalue weighted by Crippen LogP contribution is 2.48. The summed E-state index contributed by atoms with van der Waals surface area (Å²) < 4.78 is 0. The Morgan fingerprint density at radius 1 is 0.575 bits per heavy atom. The fraction of sp³-hybridized carbons (Fsp3) is 0.0556. The molecule has 192 valence electrons. The Morgan fingerprint density at radius 2 is 1.32 bits per heavy atom. The molecule has 2 aromatic heterocycles. The van der Waals surface area contributed by atoms with Crippen LogP contribution in [-0.2, 0) is 5.75 Å². The maximum atomic E-state index is 4.76. The summed E-state index contributed by atoms with van der Waals surface area (Å²) in [7, 11) is 0. The molecule has 0 N–H and O–H groups in total. The van der Waals surface area contributed by atoms with Crippen molar-refractivity contribution in [3.05, 3.63) is 145 Å². The molecule has 0 amide bonds. The van der Waals surface area contributed by atoms with Crippen LogP contribution in [0.2, 0.25) is 0 Å². The van der Waals surface area contributed by atoms with Gasteiger partial charge >= 0.3 is 0 Å². The van der Waals surface area contributed by atoms with Gasteiger partial charge in [-0.15, -0.1) is 11.8 Å². The van der Waals surface area contributed by atoms with E-state index in [1.165, 1.54) is 33.0 Å². The second-order valence-corrected chi connectivity index (χ2v) is 11.0. The number of pyridine rings is 2. The SMILES string of the molecule is Cc1ccnc(-c2ccc3c(c2)N(c2cccc(-c4cc(-c5ccccc5)ccn4)c2)c2ccccc2CS3)c1. The number of aromatic nitrogens is 2. The quantitative estimate of drug-likeness (QED) is 0.225. The molecule has 0 saturated carbocycles. The third kappa shape index (κ3) is 4.67. The minimum atomic E-state index is 0.919. The zero-order valence-corrected chi connectivity index (χ0v) is 23.0. The predicted octanol–water partition coefficient (Wildman–Crippen LogP) is 9.86. The Morgan fingerprint density at radius 3 is 2.20 bits per heavy atom. The number of rotatable bonds is 4. The molecule has 7 rings (SSSR count). The van der Waals surface area contributed by atoms with Crippen molar-refractivity contribution in [1.82, 2.24) is 9.97 Å². The minimum absolute atomic E-state index is 0.919. The van der Waals surface area contributed by atoms with Gasteiger partial charge in [0.2, 0.25) is 0 Å². The van der Waals surface area contributed by atoms with Crippen LogP contribution in [0.1, 0.15) is 11.1 Å². The first-order chi connectivity index (χ1) is 19.7. The Kier molecular flexibility index (Phi) is 6.39. The molecule has 4 aromatic carbocycles. The lowest BCUT2D eigenvalue weighted by Gasteiger charge is -2.27. The van der Waals surface area contributed by atoms with Crippen molar-refractivity contribution in [2.45, 2.75) is 17.6 Å². The molecule has 4 heteroatoms. The molecule has 0 fully saturated rings. The van der Waals surface area contributed by atoms with Gasteiger partial charge in [-0.05, 0) is 83.8 Å². The lowest BCUT2D eigenvalue weighted by atomic mass is 10.0. The summed E-state index contributed by atoms with van der Waals surface area (Å²) in [6, 6.07) is 43.1. The lowest BCUT2D eigenvalue weighted by Crippen LogP contribution is -2.11. The number of thioether (sulfide) groups is 1. The van der Waals surface area contributed by atoms with Gasteiger partial charge in [0, 0.05) is 39.9 Å². The van der Waals surface area contributed by atoms with Gasteiger partial charge in [0.1, 0.15) is 0 Å². The van der Waals surface area contributed by atoms with Crippen LogP contribution < -0.4 is 4.90 Å². The Labute approximate surface area is 239 Å². The Bertz CT molecular complexity index is 1830. The van der Waals surface area contributed by atoms with Crippen LogP contribution >= 0.6 is 11.8 Å². The summed E-state index contributed by atoms with van der Waals surface area (Å²) in [5.74, 6) is 0.919. The van der Waals surface area contributed by atoms with Gasteiger partial charge in [0.25, 0.3) is 0 Å². The highest BCUT2D eigenvalue weighted by molar-refractivity contribution is 7.98.